The Hall–Kier alpha value is -2.40. The Morgan fingerprint density at radius 3 is 2.48 bits per heavy atom. The Morgan fingerprint density at radius 2 is 1.76 bits per heavy atom. The maximum Gasteiger partial charge on any atom is 0.308 e. The number of carbonyl (C=O) groups is 2. The van der Waals surface area contributed by atoms with Crippen molar-refractivity contribution in [2.24, 2.45) is 5.92 Å². The van der Waals surface area contributed by atoms with E-state index in [0.717, 1.165) is 13.1 Å². The van der Waals surface area contributed by atoms with Gasteiger partial charge in [-0.1, -0.05) is 42.5 Å². The number of hydrogen-bond donors (Lipinski definition) is 0. The molecule has 1 saturated carbocycles. The Kier molecular flexibility index (Phi) is 6.14. The maximum atomic E-state index is 12.7. The number of rotatable bonds is 7. The zero-order valence-corrected chi connectivity index (χ0v) is 17.2. The standard InChI is InChI=1S/C24H30N2O3/c1-29-24(28)19-11-14-25(15-12-19)23(27)13-16-26(21-9-10-21)17-20-7-4-6-18-5-2-3-8-22(18)20/h2-8,19,21H,9-17H2,1H3. The normalized spacial score (nSPS) is 17.7. The first-order valence-corrected chi connectivity index (χ1v) is 10.7. The molecule has 0 N–H and O–H groups in total. The SMILES string of the molecule is COC(=O)C1CCN(C(=O)CCN(Cc2cccc3ccccc23)C2CC2)CC1. The van der Waals surface area contributed by atoms with Crippen molar-refractivity contribution >= 4 is 22.6 Å². The summed E-state index contributed by atoms with van der Waals surface area (Å²) in [7, 11) is 1.43. The van der Waals surface area contributed by atoms with Crippen molar-refractivity contribution in [3.05, 3.63) is 48.0 Å². The summed E-state index contributed by atoms with van der Waals surface area (Å²) in [4.78, 5) is 28.8. The topological polar surface area (TPSA) is 49.9 Å². The monoisotopic (exact) mass is 394 g/mol. The second-order valence-corrected chi connectivity index (χ2v) is 8.27. The summed E-state index contributed by atoms with van der Waals surface area (Å²) in [5.74, 6) is 0.00218. The van der Waals surface area contributed by atoms with Gasteiger partial charge in [0.2, 0.25) is 5.91 Å². The maximum absolute atomic E-state index is 12.7. The van der Waals surface area contributed by atoms with Gasteiger partial charge in [-0.05, 0) is 42.0 Å². The van der Waals surface area contributed by atoms with Gasteiger partial charge in [0.25, 0.3) is 0 Å². The number of carbonyl (C=O) groups excluding carboxylic acids is 2. The number of likely N-dealkylation sites (tertiary alicyclic amines) is 1. The van der Waals surface area contributed by atoms with Crippen molar-refractivity contribution in [3.63, 3.8) is 0 Å². The first-order chi connectivity index (χ1) is 14.2. The van der Waals surface area contributed by atoms with Crippen LogP contribution in [-0.2, 0) is 20.9 Å². The highest BCUT2D eigenvalue weighted by Gasteiger charge is 2.31. The van der Waals surface area contributed by atoms with Gasteiger partial charge in [-0.2, -0.15) is 0 Å². The smallest absolute Gasteiger partial charge is 0.308 e. The van der Waals surface area contributed by atoms with Crippen molar-refractivity contribution in [2.75, 3.05) is 26.7 Å². The number of nitrogens with zero attached hydrogens (tertiary/aromatic N) is 2. The van der Waals surface area contributed by atoms with Crippen LogP contribution in [0.15, 0.2) is 42.5 Å². The van der Waals surface area contributed by atoms with E-state index in [-0.39, 0.29) is 17.8 Å². The fraction of sp³-hybridized carbons (Fsp3) is 0.500. The molecule has 29 heavy (non-hydrogen) atoms. The van der Waals surface area contributed by atoms with E-state index in [1.54, 1.807) is 0 Å². The molecule has 5 nitrogen and oxygen atoms in total. The average Bonchev–Trinajstić information content (AvgIpc) is 3.61. The lowest BCUT2D eigenvalue weighted by Gasteiger charge is -2.31. The molecule has 1 aliphatic heterocycles. The Balaban J connectivity index is 1.34. The molecule has 5 heteroatoms. The predicted molar refractivity (Wildman–Crippen MR) is 113 cm³/mol. The molecular weight excluding hydrogens is 364 g/mol. The molecule has 4 rings (SSSR count). The highest BCUT2D eigenvalue weighted by molar-refractivity contribution is 5.85. The summed E-state index contributed by atoms with van der Waals surface area (Å²) in [5.41, 5.74) is 1.33. The quantitative estimate of drug-likeness (QED) is 0.673. The minimum absolute atomic E-state index is 0.0571. The molecule has 1 saturated heterocycles. The van der Waals surface area contributed by atoms with Crippen molar-refractivity contribution < 1.29 is 14.3 Å². The van der Waals surface area contributed by atoms with Crippen LogP contribution in [-0.4, -0.2) is 54.5 Å². The first-order valence-electron chi connectivity index (χ1n) is 10.7. The average molecular weight is 395 g/mol. The van der Waals surface area contributed by atoms with Crippen molar-refractivity contribution in [3.8, 4) is 0 Å². The molecule has 0 unspecified atom stereocenters. The van der Waals surface area contributed by atoms with E-state index in [0.29, 0.717) is 38.4 Å². The number of piperidine rings is 1. The second-order valence-electron chi connectivity index (χ2n) is 8.27. The van der Waals surface area contributed by atoms with E-state index in [1.807, 2.05) is 4.90 Å². The number of amides is 1. The zero-order chi connectivity index (χ0) is 20.2. The van der Waals surface area contributed by atoms with Crippen LogP contribution in [0.2, 0.25) is 0 Å². The van der Waals surface area contributed by atoms with E-state index in [1.165, 1.54) is 36.3 Å². The van der Waals surface area contributed by atoms with Gasteiger partial charge in [-0.25, -0.2) is 0 Å². The fourth-order valence-electron chi connectivity index (χ4n) is 4.41. The highest BCUT2D eigenvalue weighted by Crippen LogP contribution is 2.30. The number of esters is 1. The Labute approximate surface area is 172 Å². The molecule has 0 radical (unpaired) electrons. The molecule has 0 bridgehead atoms. The molecular formula is C24H30N2O3. The second kappa shape index (κ2) is 8.95. The van der Waals surface area contributed by atoms with Gasteiger partial charge < -0.3 is 9.64 Å². The molecule has 1 heterocycles. The largest absolute Gasteiger partial charge is 0.469 e. The predicted octanol–water partition coefficient (Wildman–Crippen LogP) is 3.61. The van der Waals surface area contributed by atoms with Gasteiger partial charge in [0.05, 0.1) is 13.0 Å². The van der Waals surface area contributed by atoms with E-state index in [2.05, 4.69) is 47.4 Å². The van der Waals surface area contributed by atoms with Crippen molar-refractivity contribution in [1.29, 1.82) is 0 Å². The molecule has 2 aromatic carbocycles. The van der Waals surface area contributed by atoms with Crippen LogP contribution in [0.3, 0.4) is 0 Å². The Morgan fingerprint density at radius 1 is 1.03 bits per heavy atom. The minimum Gasteiger partial charge on any atom is -0.469 e. The van der Waals surface area contributed by atoms with Crippen molar-refractivity contribution in [1.82, 2.24) is 9.80 Å². The zero-order valence-electron chi connectivity index (χ0n) is 17.2. The van der Waals surface area contributed by atoms with Crippen LogP contribution < -0.4 is 0 Å². The first kappa shape index (κ1) is 19.9. The summed E-state index contributed by atoms with van der Waals surface area (Å²) < 4.78 is 4.84. The lowest BCUT2D eigenvalue weighted by Crippen LogP contribution is -2.41. The van der Waals surface area contributed by atoms with E-state index >= 15 is 0 Å². The summed E-state index contributed by atoms with van der Waals surface area (Å²) in [5, 5.41) is 2.57. The summed E-state index contributed by atoms with van der Waals surface area (Å²) >= 11 is 0. The molecule has 0 aromatic heterocycles. The number of methoxy groups -OCH3 is 1. The molecule has 0 atom stereocenters. The van der Waals surface area contributed by atoms with Crippen LogP contribution in [0.4, 0.5) is 0 Å². The number of fused-ring (bicyclic) bond motifs is 1. The lowest BCUT2D eigenvalue weighted by molar-refractivity contribution is -0.149. The third kappa shape index (κ3) is 4.78. The van der Waals surface area contributed by atoms with E-state index in [4.69, 9.17) is 4.74 Å². The van der Waals surface area contributed by atoms with Gasteiger partial charge in [0, 0.05) is 38.6 Å². The summed E-state index contributed by atoms with van der Waals surface area (Å²) in [6.45, 7) is 3.00. The summed E-state index contributed by atoms with van der Waals surface area (Å²) in [6, 6.07) is 15.6. The lowest BCUT2D eigenvalue weighted by atomic mass is 9.97. The van der Waals surface area contributed by atoms with Gasteiger partial charge in [0.15, 0.2) is 0 Å². The molecule has 0 spiro atoms. The van der Waals surface area contributed by atoms with Crippen LogP contribution in [0.1, 0.15) is 37.7 Å². The van der Waals surface area contributed by atoms with Crippen LogP contribution in [0, 0.1) is 5.92 Å². The highest BCUT2D eigenvalue weighted by atomic mass is 16.5. The molecule has 2 fully saturated rings. The molecule has 2 aliphatic rings. The molecule has 1 amide bonds. The van der Waals surface area contributed by atoms with Crippen LogP contribution >= 0.6 is 0 Å². The van der Waals surface area contributed by atoms with Gasteiger partial charge >= 0.3 is 5.97 Å². The third-order valence-corrected chi connectivity index (χ3v) is 6.31. The minimum atomic E-state index is -0.146. The van der Waals surface area contributed by atoms with Gasteiger partial charge in [0.1, 0.15) is 0 Å². The van der Waals surface area contributed by atoms with Crippen LogP contribution in [0.5, 0.6) is 0 Å². The fourth-order valence-corrected chi connectivity index (χ4v) is 4.41. The summed E-state index contributed by atoms with van der Waals surface area (Å²) in [6.07, 6.45) is 4.42. The van der Waals surface area contributed by atoms with Gasteiger partial charge in [-0.15, -0.1) is 0 Å². The number of benzene rings is 2. The molecule has 154 valence electrons. The van der Waals surface area contributed by atoms with E-state index in [9.17, 15) is 9.59 Å². The van der Waals surface area contributed by atoms with E-state index < -0.39 is 0 Å². The third-order valence-electron chi connectivity index (χ3n) is 6.31. The van der Waals surface area contributed by atoms with Gasteiger partial charge in [-0.3, -0.25) is 14.5 Å². The number of hydrogen-bond acceptors (Lipinski definition) is 4. The molecule has 1 aliphatic carbocycles. The van der Waals surface area contributed by atoms with Crippen LogP contribution in [0.25, 0.3) is 10.8 Å². The Bertz CT molecular complexity index is 864. The number of ether oxygens (including phenoxy) is 1. The van der Waals surface area contributed by atoms with Crippen molar-refractivity contribution in [2.45, 2.75) is 44.7 Å². The molecule has 2 aromatic rings.